The summed E-state index contributed by atoms with van der Waals surface area (Å²) in [5, 5.41) is 0. The molecule has 0 radical (unpaired) electrons. The molecule has 1 heterocycles. The predicted octanol–water partition coefficient (Wildman–Crippen LogP) is 2.39. The Bertz CT molecular complexity index is 501. The summed E-state index contributed by atoms with van der Waals surface area (Å²) in [4.78, 5) is 16.5. The first-order valence-corrected chi connectivity index (χ1v) is 9.07. The molecule has 1 aromatic rings. The minimum atomic E-state index is 0.222. The Balaban J connectivity index is 1.86. The fourth-order valence-electron chi connectivity index (χ4n) is 3.07. The van der Waals surface area contributed by atoms with Gasteiger partial charge >= 0.3 is 0 Å². The molecule has 0 saturated carbocycles. The van der Waals surface area contributed by atoms with Crippen molar-refractivity contribution in [2.45, 2.75) is 38.6 Å². The molecule has 0 aromatic heterocycles. The Hall–Kier alpha value is -1.59. The molecule has 2 rings (SSSR count). The minimum absolute atomic E-state index is 0.222. The fraction of sp³-hybridized carbons (Fsp3) is 0.632. The number of rotatable bonds is 9. The van der Waals surface area contributed by atoms with Gasteiger partial charge in [-0.3, -0.25) is 4.79 Å². The standard InChI is InChI=1S/C19H31N3O2/c1-21(19(23)10-4-2-3-7-11-20)16-17-8-5-6-9-18(17)22-12-14-24-15-13-22/h5-6,8-9H,2-4,7,10-16,20H2,1H3. The van der Waals surface area contributed by atoms with Crippen molar-refractivity contribution in [1.82, 2.24) is 4.90 Å². The topological polar surface area (TPSA) is 58.8 Å². The van der Waals surface area contributed by atoms with E-state index in [2.05, 4.69) is 23.1 Å². The van der Waals surface area contributed by atoms with Crippen molar-refractivity contribution in [3.05, 3.63) is 29.8 Å². The average Bonchev–Trinajstić information content (AvgIpc) is 2.62. The third-order valence-electron chi connectivity index (χ3n) is 4.52. The van der Waals surface area contributed by atoms with E-state index in [0.717, 1.165) is 58.5 Å². The average molecular weight is 333 g/mol. The lowest BCUT2D eigenvalue weighted by molar-refractivity contribution is -0.130. The fourth-order valence-corrected chi connectivity index (χ4v) is 3.07. The van der Waals surface area contributed by atoms with E-state index in [1.54, 1.807) is 0 Å². The van der Waals surface area contributed by atoms with Crippen LogP contribution in [0, 0.1) is 0 Å². The third-order valence-corrected chi connectivity index (χ3v) is 4.52. The Labute approximate surface area is 145 Å². The number of morpholine rings is 1. The number of amides is 1. The number of carbonyl (C=O) groups excluding carboxylic acids is 1. The number of nitrogens with two attached hydrogens (primary N) is 1. The van der Waals surface area contributed by atoms with Gasteiger partial charge in [0.1, 0.15) is 0 Å². The lowest BCUT2D eigenvalue weighted by Gasteiger charge is -2.31. The normalized spacial score (nSPS) is 14.7. The summed E-state index contributed by atoms with van der Waals surface area (Å²) >= 11 is 0. The number of ether oxygens (including phenoxy) is 1. The van der Waals surface area contributed by atoms with Crippen LogP contribution in [-0.4, -0.2) is 50.7 Å². The maximum absolute atomic E-state index is 12.3. The van der Waals surface area contributed by atoms with Crippen LogP contribution in [0.4, 0.5) is 5.69 Å². The van der Waals surface area contributed by atoms with E-state index >= 15 is 0 Å². The lowest BCUT2D eigenvalue weighted by Crippen LogP contribution is -2.37. The van der Waals surface area contributed by atoms with Gasteiger partial charge in [-0.05, 0) is 31.0 Å². The van der Waals surface area contributed by atoms with Crippen LogP contribution in [0.25, 0.3) is 0 Å². The van der Waals surface area contributed by atoms with Crippen molar-refractivity contribution in [3.63, 3.8) is 0 Å². The Morgan fingerprint density at radius 1 is 1.17 bits per heavy atom. The van der Waals surface area contributed by atoms with Crippen molar-refractivity contribution in [2.24, 2.45) is 5.73 Å². The Morgan fingerprint density at radius 2 is 1.88 bits per heavy atom. The number of hydrogen-bond acceptors (Lipinski definition) is 4. The van der Waals surface area contributed by atoms with Crippen LogP contribution in [0.2, 0.25) is 0 Å². The molecule has 1 aromatic carbocycles. The van der Waals surface area contributed by atoms with Crippen LogP contribution in [0.1, 0.15) is 37.7 Å². The smallest absolute Gasteiger partial charge is 0.222 e. The van der Waals surface area contributed by atoms with Gasteiger partial charge in [0.15, 0.2) is 0 Å². The van der Waals surface area contributed by atoms with Crippen LogP contribution in [-0.2, 0) is 16.1 Å². The Kier molecular flexibility index (Phi) is 8.05. The lowest BCUT2D eigenvalue weighted by atomic mass is 10.1. The highest BCUT2D eigenvalue weighted by atomic mass is 16.5. The second-order valence-electron chi connectivity index (χ2n) is 6.43. The third kappa shape index (κ3) is 5.80. The molecule has 24 heavy (non-hydrogen) atoms. The molecule has 1 aliphatic rings. The number of anilines is 1. The summed E-state index contributed by atoms with van der Waals surface area (Å²) in [5.74, 6) is 0.222. The second kappa shape index (κ2) is 10.3. The largest absolute Gasteiger partial charge is 0.378 e. The zero-order valence-electron chi connectivity index (χ0n) is 14.9. The van der Waals surface area contributed by atoms with Crippen molar-refractivity contribution in [1.29, 1.82) is 0 Å². The SMILES string of the molecule is CN(Cc1ccccc1N1CCOCC1)C(=O)CCCCCCN. The van der Waals surface area contributed by atoms with E-state index in [1.165, 1.54) is 11.3 Å². The molecule has 1 aliphatic heterocycles. The quantitative estimate of drug-likeness (QED) is 0.705. The molecule has 1 amide bonds. The van der Waals surface area contributed by atoms with E-state index in [0.29, 0.717) is 13.0 Å². The van der Waals surface area contributed by atoms with Crippen molar-refractivity contribution >= 4 is 11.6 Å². The summed E-state index contributed by atoms with van der Waals surface area (Å²) in [6.07, 6.45) is 4.83. The van der Waals surface area contributed by atoms with Gasteiger partial charge in [0.25, 0.3) is 0 Å². The highest BCUT2D eigenvalue weighted by Crippen LogP contribution is 2.23. The first-order valence-electron chi connectivity index (χ1n) is 9.07. The number of hydrogen-bond donors (Lipinski definition) is 1. The van der Waals surface area contributed by atoms with Gasteiger partial charge in [-0.1, -0.05) is 31.0 Å². The van der Waals surface area contributed by atoms with Crippen molar-refractivity contribution in [3.8, 4) is 0 Å². The zero-order chi connectivity index (χ0) is 17.2. The highest BCUT2D eigenvalue weighted by Gasteiger charge is 2.16. The van der Waals surface area contributed by atoms with E-state index in [1.807, 2.05) is 18.0 Å². The van der Waals surface area contributed by atoms with Gasteiger partial charge in [-0.2, -0.15) is 0 Å². The number of para-hydroxylation sites is 1. The van der Waals surface area contributed by atoms with Crippen LogP contribution in [0.3, 0.4) is 0 Å². The first kappa shape index (κ1) is 18.7. The van der Waals surface area contributed by atoms with Gasteiger partial charge in [0.2, 0.25) is 5.91 Å². The number of benzene rings is 1. The van der Waals surface area contributed by atoms with E-state index < -0.39 is 0 Å². The molecule has 1 saturated heterocycles. The molecular formula is C19H31N3O2. The van der Waals surface area contributed by atoms with Crippen molar-refractivity contribution < 1.29 is 9.53 Å². The molecule has 0 aliphatic carbocycles. The maximum Gasteiger partial charge on any atom is 0.222 e. The van der Waals surface area contributed by atoms with Crippen LogP contribution in [0.15, 0.2) is 24.3 Å². The number of unbranched alkanes of at least 4 members (excludes halogenated alkanes) is 3. The highest BCUT2D eigenvalue weighted by molar-refractivity contribution is 5.76. The van der Waals surface area contributed by atoms with E-state index in [9.17, 15) is 4.79 Å². The zero-order valence-corrected chi connectivity index (χ0v) is 14.9. The van der Waals surface area contributed by atoms with E-state index in [4.69, 9.17) is 10.5 Å². The molecule has 5 heteroatoms. The van der Waals surface area contributed by atoms with Gasteiger partial charge in [0.05, 0.1) is 13.2 Å². The number of nitrogens with zero attached hydrogens (tertiary/aromatic N) is 2. The summed E-state index contributed by atoms with van der Waals surface area (Å²) in [5.41, 5.74) is 7.93. The van der Waals surface area contributed by atoms with E-state index in [-0.39, 0.29) is 5.91 Å². The molecule has 0 bridgehead atoms. The van der Waals surface area contributed by atoms with Crippen LogP contribution >= 0.6 is 0 Å². The molecule has 0 atom stereocenters. The second-order valence-corrected chi connectivity index (χ2v) is 6.43. The molecule has 5 nitrogen and oxygen atoms in total. The molecule has 0 unspecified atom stereocenters. The first-order chi connectivity index (χ1) is 11.7. The molecule has 1 fully saturated rings. The number of carbonyl (C=O) groups is 1. The monoisotopic (exact) mass is 333 g/mol. The molecular weight excluding hydrogens is 302 g/mol. The summed E-state index contributed by atoms with van der Waals surface area (Å²) in [6, 6.07) is 8.37. The summed E-state index contributed by atoms with van der Waals surface area (Å²) < 4.78 is 5.44. The van der Waals surface area contributed by atoms with Crippen molar-refractivity contribution in [2.75, 3.05) is 44.8 Å². The Morgan fingerprint density at radius 3 is 2.62 bits per heavy atom. The summed E-state index contributed by atoms with van der Waals surface area (Å²) in [7, 11) is 1.90. The van der Waals surface area contributed by atoms with Gasteiger partial charge in [-0.15, -0.1) is 0 Å². The molecule has 2 N–H and O–H groups in total. The van der Waals surface area contributed by atoms with Gasteiger partial charge in [0, 0.05) is 38.8 Å². The van der Waals surface area contributed by atoms with Gasteiger partial charge in [-0.25, -0.2) is 0 Å². The minimum Gasteiger partial charge on any atom is -0.378 e. The maximum atomic E-state index is 12.3. The van der Waals surface area contributed by atoms with Crippen LogP contribution in [0.5, 0.6) is 0 Å². The summed E-state index contributed by atoms with van der Waals surface area (Å²) in [6.45, 7) is 4.77. The molecule has 0 spiro atoms. The molecule has 134 valence electrons. The predicted molar refractivity (Wildman–Crippen MR) is 98.1 cm³/mol. The van der Waals surface area contributed by atoms with Gasteiger partial charge < -0.3 is 20.3 Å². The van der Waals surface area contributed by atoms with Crippen LogP contribution < -0.4 is 10.6 Å².